The Bertz CT molecular complexity index is 314. The molecule has 0 saturated carbocycles. The van der Waals surface area contributed by atoms with Crippen LogP contribution in [0.4, 0.5) is 4.39 Å². The van der Waals surface area contributed by atoms with Crippen LogP contribution >= 0.6 is 0 Å². The second kappa shape index (κ2) is 4.53. The van der Waals surface area contributed by atoms with Gasteiger partial charge in [0.1, 0.15) is 5.82 Å². The van der Waals surface area contributed by atoms with Gasteiger partial charge in [-0.05, 0) is 36.6 Å². The van der Waals surface area contributed by atoms with E-state index < -0.39 is 6.10 Å². The molecule has 1 aromatic carbocycles. The second-order valence-electron chi connectivity index (χ2n) is 3.52. The third kappa shape index (κ3) is 2.30. The van der Waals surface area contributed by atoms with Crippen molar-refractivity contribution >= 4 is 0 Å². The molecular formula is C11H16FNO. The monoisotopic (exact) mass is 197 g/mol. The average Bonchev–Trinajstić information content (AvgIpc) is 2.15. The predicted octanol–water partition coefficient (Wildman–Crippen LogP) is 1.90. The number of aryl methyl sites for hydroxylation is 1. The highest BCUT2D eigenvalue weighted by Crippen LogP contribution is 2.21. The third-order valence-corrected chi connectivity index (χ3v) is 2.43. The van der Waals surface area contributed by atoms with Gasteiger partial charge in [0.2, 0.25) is 0 Å². The largest absolute Gasteiger partial charge is 0.387 e. The van der Waals surface area contributed by atoms with E-state index in [1.54, 1.807) is 13.0 Å². The second-order valence-corrected chi connectivity index (χ2v) is 3.52. The molecular weight excluding hydrogens is 181 g/mol. The SMILES string of the molecule is CC[C@@H](N)[C@@H](O)c1ccc(F)cc1C. The number of aliphatic hydroxyl groups excluding tert-OH is 1. The third-order valence-electron chi connectivity index (χ3n) is 2.43. The summed E-state index contributed by atoms with van der Waals surface area (Å²) in [6.07, 6.45) is -0.0153. The van der Waals surface area contributed by atoms with E-state index in [1.165, 1.54) is 12.1 Å². The summed E-state index contributed by atoms with van der Waals surface area (Å²) >= 11 is 0. The summed E-state index contributed by atoms with van der Waals surface area (Å²) in [7, 11) is 0. The number of rotatable bonds is 3. The summed E-state index contributed by atoms with van der Waals surface area (Å²) in [5.74, 6) is -0.288. The van der Waals surface area contributed by atoms with Crippen molar-refractivity contribution in [3.8, 4) is 0 Å². The highest BCUT2D eigenvalue weighted by Gasteiger charge is 2.16. The van der Waals surface area contributed by atoms with Crippen molar-refractivity contribution in [2.75, 3.05) is 0 Å². The highest BCUT2D eigenvalue weighted by atomic mass is 19.1. The Hall–Kier alpha value is -0.930. The fraction of sp³-hybridized carbons (Fsp3) is 0.455. The van der Waals surface area contributed by atoms with E-state index in [1.807, 2.05) is 6.92 Å². The first kappa shape index (κ1) is 11.1. The molecule has 3 heteroatoms. The molecule has 2 atom stereocenters. The van der Waals surface area contributed by atoms with Gasteiger partial charge in [-0.15, -0.1) is 0 Å². The van der Waals surface area contributed by atoms with Crippen molar-refractivity contribution < 1.29 is 9.50 Å². The van der Waals surface area contributed by atoms with Crippen LogP contribution in [0.3, 0.4) is 0 Å². The van der Waals surface area contributed by atoms with Gasteiger partial charge in [0.15, 0.2) is 0 Å². The molecule has 0 aliphatic carbocycles. The first-order valence-electron chi connectivity index (χ1n) is 4.76. The Balaban J connectivity index is 2.95. The predicted molar refractivity (Wildman–Crippen MR) is 54.4 cm³/mol. The minimum atomic E-state index is -0.708. The van der Waals surface area contributed by atoms with Gasteiger partial charge in [-0.2, -0.15) is 0 Å². The number of hydrogen-bond acceptors (Lipinski definition) is 2. The normalized spacial score (nSPS) is 15.2. The number of halogens is 1. The van der Waals surface area contributed by atoms with Crippen LogP contribution in [0, 0.1) is 12.7 Å². The van der Waals surface area contributed by atoms with Crippen LogP contribution in [0.15, 0.2) is 18.2 Å². The van der Waals surface area contributed by atoms with Crippen LogP contribution in [0.1, 0.15) is 30.6 Å². The number of aliphatic hydroxyl groups is 1. The Morgan fingerprint density at radius 1 is 1.50 bits per heavy atom. The van der Waals surface area contributed by atoms with Crippen LogP contribution < -0.4 is 5.73 Å². The summed E-state index contributed by atoms with van der Waals surface area (Å²) < 4.78 is 12.8. The smallest absolute Gasteiger partial charge is 0.123 e. The summed E-state index contributed by atoms with van der Waals surface area (Å²) in [5, 5.41) is 9.81. The first-order valence-corrected chi connectivity index (χ1v) is 4.76. The van der Waals surface area contributed by atoms with Crippen LogP contribution in [0.5, 0.6) is 0 Å². The zero-order chi connectivity index (χ0) is 10.7. The molecule has 2 nitrogen and oxygen atoms in total. The van der Waals surface area contributed by atoms with E-state index in [-0.39, 0.29) is 11.9 Å². The fourth-order valence-electron chi connectivity index (χ4n) is 1.42. The van der Waals surface area contributed by atoms with Crippen LogP contribution in [0.2, 0.25) is 0 Å². The van der Waals surface area contributed by atoms with Crippen molar-refractivity contribution in [2.45, 2.75) is 32.4 Å². The van der Waals surface area contributed by atoms with E-state index in [4.69, 9.17) is 5.73 Å². The van der Waals surface area contributed by atoms with E-state index in [2.05, 4.69) is 0 Å². The summed E-state index contributed by atoms with van der Waals surface area (Å²) in [5.41, 5.74) is 7.16. The molecule has 0 aromatic heterocycles. The molecule has 1 rings (SSSR count). The quantitative estimate of drug-likeness (QED) is 0.777. The molecule has 3 N–H and O–H groups in total. The molecule has 0 heterocycles. The van der Waals surface area contributed by atoms with Gasteiger partial charge in [-0.1, -0.05) is 13.0 Å². The molecule has 78 valence electrons. The standard InChI is InChI=1S/C11H16FNO/c1-3-10(13)11(14)9-5-4-8(12)6-7(9)2/h4-6,10-11,14H,3,13H2,1-2H3/t10-,11+/m1/s1. The average molecular weight is 197 g/mol. The molecule has 1 aromatic rings. The molecule has 0 spiro atoms. The van der Waals surface area contributed by atoms with Gasteiger partial charge in [0, 0.05) is 6.04 Å². The minimum Gasteiger partial charge on any atom is -0.387 e. The molecule has 0 bridgehead atoms. The van der Waals surface area contributed by atoms with Gasteiger partial charge < -0.3 is 10.8 Å². The van der Waals surface area contributed by atoms with Crippen molar-refractivity contribution in [1.29, 1.82) is 0 Å². The summed E-state index contributed by atoms with van der Waals surface area (Å²) in [4.78, 5) is 0. The number of nitrogens with two attached hydrogens (primary N) is 1. The van der Waals surface area contributed by atoms with E-state index in [9.17, 15) is 9.50 Å². The van der Waals surface area contributed by atoms with Crippen LogP contribution in [-0.2, 0) is 0 Å². The lowest BCUT2D eigenvalue weighted by atomic mass is 9.97. The van der Waals surface area contributed by atoms with Crippen molar-refractivity contribution in [2.24, 2.45) is 5.73 Å². The van der Waals surface area contributed by atoms with Gasteiger partial charge in [-0.25, -0.2) is 4.39 Å². The van der Waals surface area contributed by atoms with Crippen molar-refractivity contribution in [3.63, 3.8) is 0 Å². The number of hydrogen-bond donors (Lipinski definition) is 2. The van der Waals surface area contributed by atoms with Crippen LogP contribution in [-0.4, -0.2) is 11.1 Å². The van der Waals surface area contributed by atoms with E-state index in [0.29, 0.717) is 12.0 Å². The maximum atomic E-state index is 12.8. The maximum absolute atomic E-state index is 12.8. The molecule has 0 saturated heterocycles. The fourth-order valence-corrected chi connectivity index (χ4v) is 1.42. The Morgan fingerprint density at radius 2 is 2.14 bits per heavy atom. The van der Waals surface area contributed by atoms with Crippen molar-refractivity contribution in [3.05, 3.63) is 35.1 Å². The molecule has 0 aliphatic rings. The maximum Gasteiger partial charge on any atom is 0.123 e. The zero-order valence-electron chi connectivity index (χ0n) is 8.50. The Morgan fingerprint density at radius 3 is 2.64 bits per heavy atom. The first-order chi connectivity index (χ1) is 6.56. The minimum absolute atomic E-state index is 0.288. The molecule has 0 aliphatic heterocycles. The summed E-state index contributed by atoms with van der Waals surface area (Å²) in [6.45, 7) is 3.68. The lowest BCUT2D eigenvalue weighted by molar-refractivity contribution is 0.143. The Labute approximate surface area is 83.6 Å². The highest BCUT2D eigenvalue weighted by molar-refractivity contribution is 5.29. The van der Waals surface area contributed by atoms with Gasteiger partial charge in [-0.3, -0.25) is 0 Å². The van der Waals surface area contributed by atoms with Crippen LogP contribution in [0.25, 0.3) is 0 Å². The molecule has 0 radical (unpaired) electrons. The van der Waals surface area contributed by atoms with Gasteiger partial charge >= 0.3 is 0 Å². The molecule has 0 amide bonds. The molecule has 0 fully saturated rings. The summed E-state index contributed by atoms with van der Waals surface area (Å²) in [6, 6.07) is 4.04. The molecule has 0 unspecified atom stereocenters. The molecule has 14 heavy (non-hydrogen) atoms. The zero-order valence-corrected chi connectivity index (χ0v) is 8.50. The lowest BCUT2D eigenvalue weighted by Crippen LogP contribution is -2.27. The van der Waals surface area contributed by atoms with E-state index >= 15 is 0 Å². The Kier molecular flexibility index (Phi) is 3.61. The lowest BCUT2D eigenvalue weighted by Gasteiger charge is -2.19. The van der Waals surface area contributed by atoms with Gasteiger partial charge in [0.25, 0.3) is 0 Å². The van der Waals surface area contributed by atoms with E-state index in [0.717, 1.165) is 5.56 Å². The topological polar surface area (TPSA) is 46.2 Å². The number of benzene rings is 1. The van der Waals surface area contributed by atoms with Crippen molar-refractivity contribution in [1.82, 2.24) is 0 Å². The van der Waals surface area contributed by atoms with Gasteiger partial charge in [0.05, 0.1) is 6.10 Å².